The molecule has 0 unspecified atom stereocenters. The molecule has 1 atom stereocenters. The van der Waals surface area contributed by atoms with E-state index in [1.807, 2.05) is 48.2 Å². The van der Waals surface area contributed by atoms with Crippen molar-refractivity contribution in [1.82, 2.24) is 19.9 Å². The van der Waals surface area contributed by atoms with Crippen LogP contribution in [0.4, 0.5) is 0 Å². The van der Waals surface area contributed by atoms with Gasteiger partial charge >= 0.3 is 0 Å². The number of hydrogen-bond acceptors (Lipinski definition) is 5. The molecule has 2 aromatic heterocycles. The second kappa shape index (κ2) is 6.46. The second-order valence-corrected chi connectivity index (χ2v) is 7.47. The number of aryl methyl sites for hydroxylation is 1. The topological polar surface area (TPSA) is 62.5 Å². The number of rotatable bonds is 2. The zero-order valence-corrected chi connectivity index (χ0v) is 15.4. The van der Waals surface area contributed by atoms with Crippen LogP contribution in [0.15, 0.2) is 40.9 Å². The van der Waals surface area contributed by atoms with E-state index in [2.05, 4.69) is 15.0 Å². The van der Waals surface area contributed by atoms with Gasteiger partial charge in [0.15, 0.2) is 0 Å². The van der Waals surface area contributed by atoms with Crippen molar-refractivity contribution in [3.63, 3.8) is 0 Å². The molecule has 6 nitrogen and oxygen atoms in total. The highest BCUT2D eigenvalue weighted by atomic mass is 16.5. The van der Waals surface area contributed by atoms with E-state index in [9.17, 15) is 4.79 Å². The Morgan fingerprint density at radius 2 is 2.04 bits per heavy atom. The van der Waals surface area contributed by atoms with Crippen LogP contribution in [0.2, 0.25) is 0 Å². The molecule has 4 heterocycles. The molecular formula is C21H22N4O2. The fourth-order valence-electron chi connectivity index (χ4n) is 4.38. The number of hydrogen-bond donors (Lipinski definition) is 0. The van der Waals surface area contributed by atoms with Gasteiger partial charge < -0.3 is 9.42 Å². The number of pyridine rings is 1. The molecule has 1 amide bonds. The number of fused-ring (bicyclic) bond motifs is 2. The molecule has 2 saturated heterocycles. The van der Waals surface area contributed by atoms with Crippen molar-refractivity contribution in [2.45, 2.75) is 25.8 Å². The Kier molecular flexibility index (Phi) is 3.93. The summed E-state index contributed by atoms with van der Waals surface area (Å²) in [6.07, 6.45) is 2.41. The molecule has 0 saturated carbocycles. The van der Waals surface area contributed by atoms with E-state index in [-0.39, 0.29) is 5.91 Å². The molecule has 138 valence electrons. The Labute approximate surface area is 157 Å². The van der Waals surface area contributed by atoms with Gasteiger partial charge in [0.2, 0.25) is 0 Å². The molecule has 0 radical (unpaired) electrons. The van der Waals surface area contributed by atoms with Gasteiger partial charge in [-0.05, 0) is 32.4 Å². The average molecular weight is 362 g/mol. The van der Waals surface area contributed by atoms with Crippen LogP contribution in [0.3, 0.4) is 0 Å². The minimum Gasteiger partial charge on any atom is -0.336 e. The van der Waals surface area contributed by atoms with Crippen molar-refractivity contribution in [3.05, 3.63) is 47.7 Å². The van der Waals surface area contributed by atoms with Crippen LogP contribution in [-0.2, 0) is 0 Å². The number of carbonyl (C=O) groups is 1. The summed E-state index contributed by atoms with van der Waals surface area (Å²) in [5, 5.41) is 4.95. The molecule has 2 fully saturated rings. The largest absolute Gasteiger partial charge is 0.336 e. The van der Waals surface area contributed by atoms with E-state index in [4.69, 9.17) is 4.52 Å². The van der Waals surface area contributed by atoms with E-state index < -0.39 is 0 Å². The van der Waals surface area contributed by atoms with Crippen LogP contribution < -0.4 is 0 Å². The van der Waals surface area contributed by atoms with E-state index in [1.165, 1.54) is 12.8 Å². The first-order valence-corrected chi connectivity index (χ1v) is 9.56. The predicted octanol–water partition coefficient (Wildman–Crippen LogP) is 3.12. The number of nitrogens with zero attached hydrogens (tertiary/aromatic N) is 4. The van der Waals surface area contributed by atoms with Crippen LogP contribution >= 0.6 is 0 Å². The Bertz CT molecular complexity index is 998. The van der Waals surface area contributed by atoms with Crippen LogP contribution in [0, 0.1) is 6.92 Å². The Morgan fingerprint density at radius 3 is 2.89 bits per heavy atom. The Hall–Kier alpha value is -2.73. The summed E-state index contributed by atoms with van der Waals surface area (Å²) in [6, 6.07) is 12.2. The van der Waals surface area contributed by atoms with Crippen LogP contribution in [-0.4, -0.2) is 58.1 Å². The molecule has 2 aliphatic heterocycles. The first-order chi connectivity index (χ1) is 13.2. The molecule has 27 heavy (non-hydrogen) atoms. The zero-order chi connectivity index (χ0) is 18.4. The lowest BCUT2D eigenvalue weighted by molar-refractivity contribution is 0.0573. The van der Waals surface area contributed by atoms with Gasteiger partial charge in [-0.3, -0.25) is 9.69 Å². The lowest BCUT2D eigenvalue weighted by Crippen LogP contribution is -2.52. The van der Waals surface area contributed by atoms with Crippen molar-refractivity contribution in [2.75, 3.05) is 26.2 Å². The normalized spacial score (nSPS) is 20.2. The summed E-state index contributed by atoms with van der Waals surface area (Å²) in [5.74, 6) is 0.0532. The predicted molar refractivity (Wildman–Crippen MR) is 102 cm³/mol. The zero-order valence-electron chi connectivity index (χ0n) is 15.4. The van der Waals surface area contributed by atoms with Gasteiger partial charge in [-0.1, -0.05) is 35.5 Å². The SMILES string of the molecule is Cc1cc(C(=O)N2CCN3CCC[C@H]3C2)c2c(-c3ccccc3)noc2n1. The second-order valence-electron chi connectivity index (χ2n) is 7.47. The van der Waals surface area contributed by atoms with E-state index in [0.717, 1.165) is 37.4 Å². The maximum atomic E-state index is 13.4. The first-order valence-electron chi connectivity index (χ1n) is 9.56. The maximum absolute atomic E-state index is 13.4. The van der Waals surface area contributed by atoms with Gasteiger partial charge in [-0.25, -0.2) is 4.98 Å². The summed E-state index contributed by atoms with van der Waals surface area (Å²) in [7, 11) is 0. The third-order valence-electron chi connectivity index (χ3n) is 5.73. The van der Waals surface area contributed by atoms with Gasteiger partial charge in [-0.15, -0.1) is 0 Å². The van der Waals surface area contributed by atoms with Gasteiger partial charge in [0.1, 0.15) is 5.69 Å². The molecule has 0 aliphatic carbocycles. The molecule has 0 N–H and O–H groups in total. The fraction of sp³-hybridized carbons (Fsp3) is 0.381. The first kappa shape index (κ1) is 16.4. The van der Waals surface area contributed by atoms with Crippen LogP contribution in [0.5, 0.6) is 0 Å². The fourth-order valence-corrected chi connectivity index (χ4v) is 4.38. The number of benzene rings is 1. The van der Waals surface area contributed by atoms with Crippen molar-refractivity contribution in [3.8, 4) is 11.3 Å². The molecule has 1 aromatic carbocycles. The van der Waals surface area contributed by atoms with E-state index in [1.54, 1.807) is 0 Å². The number of piperazine rings is 1. The monoisotopic (exact) mass is 362 g/mol. The minimum absolute atomic E-state index is 0.0532. The molecule has 5 rings (SSSR count). The number of amides is 1. The van der Waals surface area contributed by atoms with Crippen LogP contribution in [0.25, 0.3) is 22.4 Å². The lowest BCUT2D eigenvalue weighted by Gasteiger charge is -2.37. The van der Waals surface area contributed by atoms with Crippen molar-refractivity contribution < 1.29 is 9.32 Å². The summed E-state index contributed by atoms with van der Waals surface area (Å²) < 4.78 is 5.49. The minimum atomic E-state index is 0.0532. The quantitative estimate of drug-likeness (QED) is 0.701. The number of aromatic nitrogens is 2. The van der Waals surface area contributed by atoms with Gasteiger partial charge in [0.05, 0.1) is 10.9 Å². The van der Waals surface area contributed by atoms with Crippen molar-refractivity contribution in [2.24, 2.45) is 0 Å². The molecule has 3 aromatic rings. The molecule has 0 bridgehead atoms. The van der Waals surface area contributed by atoms with Crippen molar-refractivity contribution >= 4 is 17.0 Å². The smallest absolute Gasteiger partial charge is 0.259 e. The Balaban J connectivity index is 1.58. The molecule has 0 spiro atoms. The molecular weight excluding hydrogens is 340 g/mol. The highest BCUT2D eigenvalue weighted by molar-refractivity contribution is 6.09. The highest BCUT2D eigenvalue weighted by Crippen LogP contribution is 2.32. The van der Waals surface area contributed by atoms with E-state index >= 15 is 0 Å². The maximum Gasteiger partial charge on any atom is 0.259 e. The van der Waals surface area contributed by atoms with Crippen LogP contribution in [0.1, 0.15) is 28.9 Å². The number of carbonyl (C=O) groups excluding carboxylic acids is 1. The standard InChI is InChI=1S/C21H22N4O2/c1-14-12-17(21(26)25-11-10-24-9-5-8-16(24)13-25)18-19(23-27-20(18)22-14)15-6-3-2-4-7-15/h2-4,6-7,12,16H,5,8-11,13H2,1H3/t16-/m0/s1. The van der Waals surface area contributed by atoms with Crippen molar-refractivity contribution in [1.29, 1.82) is 0 Å². The van der Waals surface area contributed by atoms with Gasteiger partial charge in [0, 0.05) is 36.9 Å². The Morgan fingerprint density at radius 1 is 1.19 bits per heavy atom. The summed E-state index contributed by atoms with van der Waals surface area (Å²) in [6.45, 7) is 5.57. The highest BCUT2D eigenvalue weighted by Gasteiger charge is 2.34. The van der Waals surface area contributed by atoms with Gasteiger partial charge in [0.25, 0.3) is 11.6 Å². The summed E-state index contributed by atoms with van der Waals surface area (Å²) in [5.41, 5.74) is 3.44. The summed E-state index contributed by atoms with van der Waals surface area (Å²) in [4.78, 5) is 22.4. The third kappa shape index (κ3) is 2.80. The lowest BCUT2D eigenvalue weighted by atomic mass is 10.0. The third-order valence-corrected chi connectivity index (χ3v) is 5.73. The van der Waals surface area contributed by atoms with E-state index in [0.29, 0.717) is 28.4 Å². The average Bonchev–Trinajstić information content (AvgIpc) is 3.33. The molecule has 2 aliphatic rings. The molecule has 6 heteroatoms. The summed E-state index contributed by atoms with van der Waals surface area (Å²) >= 11 is 0. The van der Waals surface area contributed by atoms with Gasteiger partial charge in [-0.2, -0.15) is 0 Å².